The normalized spacial score (nSPS) is 10.7. The van der Waals surface area contributed by atoms with Gasteiger partial charge in [0, 0.05) is 14.5 Å². The summed E-state index contributed by atoms with van der Waals surface area (Å²) in [5.41, 5.74) is 1.51. The van der Waals surface area contributed by atoms with Gasteiger partial charge in [-0.25, -0.2) is 0 Å². The average molecular weight is 396 g/mol. The van der Waals surface area contributed by atoms with Crippen molar-refractivity contribution in [1.29, 1.82) is 0 Å². The first-order chi connectivity index (χ1) is 9.63. The highest BCUT2D eigenvalue weighted by atomic mass is 79.9. The number of benzene rings is 2. The molecule has 2 aromatic carbocycles. The second kappa shape index (κ2) is 5.38. The first-order valence-corrected chi connectivity index (χ1v) is 7.30. The van der Waals surface area contributed by atoms with Gasteiger partial charge in [0.15, 0.2) is 0 Å². The molecule has 0 aliphatic heterocycles. The fourth-order valence-electron chi connectivity index (χ4n) is 1.76. The van der Waals surface area contributed by atoms with Crippen molar-refractivity contribution >= 4 is 31.9 Å². The Morgan fingerprint density at radius 2 is 1.90 bits per heavy atom. The third-order valence-corrected chi connectivity index (χ3v) is 3.84. The highest BCUT2D eigenvalue weighted by Gasteiger charge is 2.13. The molecular weight excluding hydrogens is 388 g/mol. The van der Waals surface area contributed by atoms with Gasteiger partial charge >= 0.3 is 0 Å². The number of aromatic hydroxyl groups is 1. The number of hydrogen-bond acceptors (Lipinski definition) is 4. The van der Waals surface area contributed by atoms with Crippen molar-refractivity contribution in [2.75, 3.05) is 0 Å². The first-order valence-electron chi connectivity index (χ1n) is 5.72. The number of phenols is 1. The Bertz CT molecular complexity index is 771. The number of rotatable bonds is 2. The van der Waals surface area contributed by atoms with Gasteiger partial charge in [-0.05, 0) is 46.3 Å². The van der Waals surface area contributed by atoms with Gasteiger partial charge in [-0.15, -0.1) is 0 Å². The summed E-state index contributed by atoms with van der Waals surface area (Å²) in [7, 11) is 0. The summed E-state index contributed by atoms with van der Waals surface area (Å²) < 4.78 is 7.10. The molecule has 0 saturated carbocycles. The van der Waals surface area contributed by atoms with E-state index in [2.05, 4.69) is 42.0 Å². The minimum atomic E-state index is 0.165. The van der Waals surface area contributed by atoms with Crippen molar-refractivity contribution in [1.82, 2.24) is 10.1 Å². The lowest BCUT2D eigenvalue weighted by Gasteiger charge is -1.99. The van der Waals surface area contributed by atoms with Crippen molar-refractivity contribution in [3.05, 3.63) is 51.4 Å². The molecule has 0 unspecified atom stereocenters. The third kappa shape index (κ3) is 2.62. The quantitative estimate of drug-likeness (QED) is 0.686. The molecule has 3 rings (SSSR count). The molecule has 0 amide bonds. The summed E-state index contributed by atoms with van der Waals surface area (Å²) in [6.07, 6.45) is 0. The topological polar surface area (TPSA) is 59.2 Å². The number of hydrogen-bond donors (Lipinski definition) is 1. The van der Waals surface area contributed by atoms with Gasteiger partial charge in [-0.2, -0.15) is 4.98 Å². The van der Waals surface area contributed by atoms with Gasteiger partial charge in [-0.3, -0.25) is 0 Å². The maximum Gasteiger partial charge on any atom is 0.259 e. The van der Waals surface area contributed by atoms with Crippen LogP contribution in [0.25, 0.3) is 22.8 Å². The molecule has 0 atom stereocenters. The lowest BCUT2D eigenvalue weighted by molar-refractivity contribution is 0.432. The molecule has 0 spiro atoms. The second-order valence-electron chi connectivity index (χ2n) is 4.10. The fraction of sp³-hybridized carbons (Fsp3) is 0. The van der Waals surface area contributed by atoms with Gasteiger partial charge in [0.25, 0.3) is 5.89 Å². The van der Waals surface area contributed by atoms with Gasteiger partial charge in [0.2, 0.25) is 5.82 Å². The van der Waals surface area contributed by atoms with Crippen molar-refractivity contribution in [2.45, 2.75) is 0 Å². The Balaban J connectivity index is 2.02. The molecule has 0 fully saturated rings. The molecule has 0 radical (unpaired) electrons. The largest absolute Gasteiger partial charge is 0.508 e. The van der Waals surface area contributed by atoms with E-state index >= 15 is 0 Å². The van der Waals surface area contributed by atoms with E-state index in [1.807, 2.05) is 24.3 Å². The predicted molar refractivity (Wildman–Crippen MR) is 82.2 cm³/mol. The van der Waals surface area contributed by atoms with Crippen LogP contribution in [0.1, 0.15) is 0 Å². The van der Waals surface area contributed by atoms with E-state index in [4.69, 9.17) is 4.52 Å². The Kier molecular flexibility index (Phi) is 3.58. The van der Waals surface area contributed by atoms with Crippen molar-refractivity contribution < 1.29 is 9.63 Å². The van der Waals surface area contributed by atoms with Gasteiger partial charge < -0.3 is 9.63 Å². The molecule has 0 aliphatic carbocycles. The first kappa shape index (κ1) is 13.3. The van der Waals surface area contributed by atoms with Gasteiger partial charge in [0.1, 0.15) is 5.75 Å². The maximum atomic E-state index is 9.47. The number of halogens is 2. The van der Waals surface area contributed by atoms with Crippen LogP contribution in [-0.2, 0) is 0 Å². The van der Waals surface area contributed by atoms with E-state index in [1.54, 1.807) is 18.2 Å². The van der Waals surface area contributed by atoms with E-state index < -0.39 is 0 Å². The van der Waals surface area contributed by atoms with Crippen LogP contribution in [0.2, 0.25) is 0 Å². The van der Waals surface area contributed by atoms with Crippen LogP contribution in [0.5, 0.6) is 5.75 Å². The zero-order valence-corrected chi connectivity index (χ0v) is 13.2. The molecule has 3 aromatic rings. The van der Waals surface area contributed by atoms with Gasteiger partial charge in [0.05, 0.1) is 5.56 Å². The average Bonchev–Trinajstić information content (AvgIpc) is 2.88. The van der Waals surface area contributed by atoms with Crippen molar-refractivity contribution in [3.63, 3.8) is 0 Å². The minimum Gasteiger partial charge on any atom is -0.508 e. The highest BCUT2D eigenvalue weighted by molar-refractivity contribution is 9.11. The molecule has 6 heteroatoms. The lowest BCUT2D eigenvalue weighted by Crippen LogP contribution is -1.82. The Labute approximate surface area is 131 Å². The zero-order valence-electron chi connectivity index (χ0n) is 10.0. The summed E-state index contributed by atoms with van der Waals surface area (Å²) >= 11 is 6.86. The monoisotopic (exact) mass is 394 g/mol. The van der Waals surface area contributed by atoms with E-state index in [-0.39, 0.29) is 5.75 Å². The van der Waals surface area contributed by atoms with Crippen LogP contribution in [0.15, 0.2) is 55.9 Å². The van der Waals surface area contributed by atoms with Crippen molar-refractivity contribution in [3.8, 4) is 28.6 Å². The molecule has 20 heavy (non-hydrogen) atoms. The van der Waals surface area contributed by atoms with Crippen LogP contribution in [0, 0.1) is 0 Å². The van der Waals surface area contributed by atoms with Crippen LogP contribution in [-0.4, -0.2) is 15.2 Å². The molecule has 0 saturated heterocycles. The Morgan fingerprint density at radius 3 is 2.65 bits per heavy atom. The van der Waals surface area contributed by atoms with E-state index in [9.17, 15) is 5.11 Å². The Morgan fingerprint density at radius 1 is 1.05 bits per heavy atom. The molecule has 4 nitrogen and oxygen atoms in total. The van der Waals surface area contributed by atoms with E-state index in [0.29, 0.717) is 17.3 Å². The number of nitrogens with zero attached hydrogens (tertiary/aromatic N) is 2. The van der Waals surface area contributed by atoms with Crippen LogP contribution >= 0.6 is 31.9 Å². The molecular formula is C14H8Br2N2O2. The molecule has 1 aromatic heterocycles. The molecule has 1 heterocycles. The van der Waals surface area contributed by atoms with Crippen LogP contribution in [0.3, 0.4) is 0 Å². The second-order valence-corrected chi connectivity index (χ2v) is 5.87. The molecule has 1 N–H and O–H groups in total. The fourth-order valence-corrected chi connectivity index (χ4v) is 2.97. The molecule has 0 bridgehead atoms. The molecule has 0 aliphatic rings. The minimum absolute atomic E-state index is 0.165. The van der Waals surface area contributed by atoms with Crippen LogP contribution < -0.4 is 0 Å². The summed E-state index contributed by atoms with van der Waals surface area (Å²) in [5.74, 6) is 1.02. The number of aromatic nitrogens is 2. The highest BCUT2D eigenvalue weighted by Crippen LogP contribution is 2.31. The van der Waals surface area contributed by atoms with Crippen molar-refractivity contribution in [2.24, 2.45) is 0 Å². The maximum absolute atomic E-state index is 9.47. The number of phenolic OH excluding ortho intramolecular Hbond substituents is 1. The Hall–Kier alpha value is -1.66. The van der Waals surface area contributed by atoms with E-state index in [1.165, 1.54) is 0 Å². The van der Waals surface area contributed by atoms with Crippen LogP contribution in [0.4, 0.5) is 0 Å². The standard InChI is InChI=1S/C14H8Br2N2O2/c15-9-4-5-11(12(16)7-9)14-17-13(18-20-14)8-2-1-3-10(19)6-8/h1-7,19H. The zero-order chi connectivity index (χ0) is 14.1. The predicted octanol–water partition coefficient (Wildman–Crippen LogP) is 4.63. The molecule has 100 valence electrons. The third-order valence-electron chi connectivity index (χ3n) is 2.69. The van der Waals surface area contributed by atoms with E-state index in [0.717, 1.165) is 14.5 Å². The lowest BCUT2D eigenvalue weighted by atomic mass is 10.2. The summed E-state index contributed by atoms with van der Waals surface area (Å²) in [5, 5.41) is 13.4. The summed E-state index contributed by atoms with van der Waals surface area (Å²) in [6.45, 7) is 0. The summed E-state index contributed by atoms with van der Waals surface area (Å²) in [6, 6.07) is 12.4. The van der Waals surface area contributed by atoms with Gasteiger partial charge in [-0.1, -0.05) is 33.2 Å². The SMILES string of the molecule is Oc1cccc(-c2noc(-c3ccc(Br)cc3Br)n2)c1. The smallest absolute Gasteiger partial charge is 0.259 e. The summed E-state index contributed by atoms with van der Waals surface area (Å²) in [4.78, 5) is 4.35.